The number of aromatic hydroxyl groups is 1. The van der Waals surface area contributed by atoms with Crippen LogP contribution in [0.3, 0.4) is 0 Å². The molecule has 138 valence electrons. The van der Waals surface area contributed by atoms with Gasteiger partial charge < -0.3 is 9.84 Å². The highest BCUT2D eigenvalue weighted by molar-refractivity contribution is 6.36. The third-order valence-corrected chi connectivity index (χ3v) is 4.67. The van der Waals surface area contributed by atoms with Gasteiger partial charge in [0.2, 0.25) is 0 Å². The van der Waals surface area contributed by atoms with Crippen LogP contribution in [0.25, 0.3) is 0 Å². The van der Waals surface area contributed by atoms with Gasteiger partial charge in [0.05, 0.1) is 13.0 Å². The molecule has 2 aromatic rings. The highest BCUT2D eigenvalue weighted by Crippen LogP contribution is 2.30. The first-order chi connectivity index (χ1) is 12.3. The van der Waals surface area contributed by atoms with Gasteiger partial charge in [-0.05, 0) is 43.2 Å². The second kappa shape index (κ2) is 9.01. The van der Waals surface area contributed by atoms with E-state index in [1.807, 2.05) is 13.0 Å². The van der Waals surface area contributed by atoms with E-state index >= 15 is 0 Å². The maximum atomic E-state index is 12.3. The van der Waals surface area contributed by atoms with Crippen molar-refractivity contribution >= 4 is 35.0 Å². The molecule has 0 spiro atoms. The van der Waals surface area contributed by atoms with E-state index in [4.69, 9.17) is 27.9 Å². The Hall–Kier alpha value is -2.11. The smallest absolute Gasteiger partial charge is 0.306 e. The molecule has 26 heavy (non-hydrogen) atoms. The lowest BCUT2D eigenvalue weighted by molar-refractivity contribution is -0.143. The Labute approximate surface area is 161 Å². The Morgan fingerprint density at radius 1 is 1.15 bits per heavy atom. The molecule has 0 aliphatic rings. The minimum absolute atomic E-state index is 0.0619. The number of hydrogen-bond acceptors (Lipinski definition) is 5. The van der Waals surface area contributed by atoms with Crippen LogP contribution in [0.5, 0.6) is 5.75 Å². The van der Waals surface area contributed by atoms with Gasteiger partial charge >= 0.3 is 5.97 Å². The number of hydrogen-bond donors (Lipinski definition) is 1. The molecule has 0 atom stereocenters. The number of nitrogens with zero attached hydrogens (tertiary/aromatic N) is 1. The van der Waals surface area contributed by atoms with Gasteiger partial charge in [-0.15, -0.1) is 0 Å². The molecular weight excluding hydrogens is 377 g/mol. The quantitative estimate of drug-likeness (QED) is 0.550. The first-order valence-corrected chi connectivity index (χ1v) is 8.90. The summed E-state index contributed by atoms with van der Waals surface area (Å²) in [5.74, 6) is -1.13. The van der Waals surface area contributed by atoms with Crippen molar-refractivity contribution in [2.75, 3.05) is 6.61 Å². The predicted octanol–water partition coefficient (Wildman–Crippen LogP) is 4.52. The van der Waals surface area contributed by atoms with Gasteiger partial charge in [0.1, 0.15) is 11.4 Å². The zero-order chi connectivity index (χ0) is 19.3. The van der Waals surface area contributed by atoms with Gasteiger partial charge in [-0.3, -0.25) is 9.59 Å². The maximum Gasteiger partial charge on any atom is 0.306 e. The number of ether oxygens (including phenoxy) is 1. The van der Waals surface area contributed by atoms with Crippen molar-refractivity contribution in [1.82, 2.24) is 4.98 Å². The van der Waals surface area contributed by atoms with Crippen LogP contribution in [0.2, 0.25) is 10.0 Å². The molecule has 5 nitrogen and oxygen atoms in total. The number of esters is 1. The Morgan fingerprint density at radius 3 is 2.58 bits per heavy atom. The number of benzene rings is 1. The molecule has 0 aliphatic carbocycles. The molecule has 0 unspecified atom stereocenters. The third-order valence-electron chi connectivity index (χ3n) is 3.79. The lowest BCUT2D eigenvalue weighted by Crippen LogP contribution is -2.10. The second-order valence-corrected chi connectivity index (χ2v) is 6.52. The van der Waals surface area contributed by atoms with Gasteiger partial charge in [-0.2, -0.15) is 0 Å². The molecule has 1 heterocycles. The fraction of sp³-hybridized carbons (Fsp3) is 0.316. The zero-order valence-corrected chi connectivity index (χ0v) is 16.0. The van der Waals surface area contributed by atoms with Crippen molar-refractivity contribution < 1.29 is 19.4 Å². The standard InChI is InChI=1S/C19H19Cl2NO4/c1-3-26-17(25)9-8-16(24)19-15(23)7-5-12(22-19)10-13-14(20)6-4-11(2)18(13)21/h4-7,23H,3,8-10H2,1-2H3. The SMILES string of the molecule is CCOC(=O)CCC(=O)c1nc(Cc2c(Cl)ccc(C)c2Cl)ccc1O. The average molecular weight is 396 g/mol. The van der Waals surface area contributed by atoms with Crippen LogP contribution in [0.4, 0.5) is 0 Å². The van der Waals surface area contributed by atoms with Crippen LogP contribution in [0, 0.1) is 6.92 Å². The van der Waals surface area contributed by atoms with Crippen LogP contribution in [-0.4, -0.2) is 28.4 Å². The van der Waals surface area contributed by atoms with E-state index in [1.54, 1.807) is 19.1 Å². The molecule has 2 rings (SSSR count). The first kappa shape index (κ1) is 20.2. The molecule has 1 N–H and O–H groups in total. The first-order valence-electron chi connectivity index (χ1n) is 8.14. The summed E-state index contributed by atoms with van der Waals surface area (Å²) in [6.07, 6.45) is 0.167. The molecule has 0 bridgehead atoms. The summed E-state index contributed by atoms with van der Waals surface area (Å²) in [5.41, 5.74) is 2.05. The Balaban J connectivity index is 2.21. The predicted molar refractivity (Wildman–Crippen MR) is 100 cm³/mol. The Bertz CT molecular complexity index is 837. The van der Waals surface area contributed by atoms with Gasteiger partial charge in [-0.25, -0.2) is 4.98 Å². The largest absolute Gasteiger partial charge is 0.506 e. The maximum absolute atomic E-state index is 12.3. The van der Waals surface area contributed by atoms with E-state index in [0.717, 1.165) is 5.56 Å². The fourth-order valence-corrected chi connectivity index (χ4v) is 2.93. The van der Waals surface area contributed by atoms with E-state index in [0.29, 0.717) is 27.7 Å². The molecule has 1 aromatic heterocycles. The van der Waals surface area contributed by atoms with Crippen molar-refractivity contribution in [3.8, 4) is 5.75 Å². The number of pyridine rings is 1. The normalized spacial score (nSPS) is 10.6. The summed E-state index contributed by atoms with van der Waals surface area (Å²) in [7, 11) is 0. The summed E-state index contributed by atoms with van der Waals surface area (Å²) < 4.78 is 4.80. The zero-order valence-electron chi connectivity index (χ0n) is 14.5. The van der Waals surface area contributed by atoms with Crippen molar-refractivity contribution in [3.05, 3.63) is 56.8 Å². The number of aromatic nitrogens is 1. The Kier molecular flexibility index (Phi) is 7.00. The van der Waals surface area contributed by atoms with Crippen molar-refractivity contribution in [1.29, 1.82) is 0 Å². The van der Waals surface area contributed by atoms with Crippen LogP contribution >= 0.6 is 23.2 Å². The summed E-state index contributed by atoms with van der Waals surface area (Å²) in [5, 5.41) is 11.0. The van der Waals surface area contributed by atoms with E-state index in [1.165, 1.54) is 6.07 Å². The molecule has 0 aliphatic heterocycles. The minimum atomic E-state index is -0.463. The van der Waals surface area contributed by atoms with Crippen LogP contribution in [0.1, 0.15) is 47.1 Å². The van der Waals surface area contributed by atoms with E-state index in [-0.39, 0.29) is 30.9 Å². The average Bonchev–Trinajstić information content (AvgIpc) is 2.61. The summed E-state index contributed by atoms with van der Waals surface area (Å²) in [4.78, 5) is 27.9. The van der Waals surface area contributed by atoms with E-state index in [9.17, 15) is 14.7 Å². The third kappa shape index (κ3) is 4.96. The van der Waals surface area contributed by atoms with Gasteiger partial charge in [0, 0.05) is 28.6 Å². The van der Waals surface area contributed by atoms with Gasteiger partial charge in [-0.1, -0.05) is 29.3 Å². The topological polar surface area (TPSA) is 76.5 Å². The van der Waals surface area contributed by atoms with Crippen LogP contribution in [-0.2, 0) is 16.0 Å². The van der Waals surface area contributed by atoms with Gasteiger partial charge in [0.25, 0.3) is 0 Å². The molecule has 7 heteroatoms. The van der Waals surface area contributed by atoms with Crippen molar-refractivity contribution in [2.45, 2.75) is 33.1 Å². The monoisotopic (exact) mass is 395 g/mol. The number of halogens is 2. The summed E-state index contributed by atoms with van der Waals surface area (Å²) in [6, 6.07) is 6.58. The molecule has 0 amide bonds. The number of rotatable bonds is 7. The Morgan fingerprint density at radius 2 is 1.88 bits per heavy atom. The lowest BCUT2D eigenvalue weighted by Gasteiger charge is -2.10. The van der Waals surface area contributed by atoms with Gasteiger partial charge in [0.15, 0.2) is 5.78 Å². The number of ketones is 1. The summed E-state index contributed by atoms with van der Waals surface area (Å²) in [6.45, 7) is 3.82. The molecule has 0 saturated carbocycles. The highest BCUT2D eigenvalue weighted by Gasteiger charge is 2.17. The second-order valence-electron chi connectivity index (χ2n) is 5.73. The van der Waals surface area contributed by atoms with E-state index in [2.05, 4.69) is 4.98 Å². The number of carbonyl (C=O) groups excluding carboxylic acids is 2. The summed E-state index contributed by atoms with van der Waals surface area (Å²) >= 11 is 12.5. The molecule has 1 aromatic carbocycles. The van der Waals surface area contributed by atoms with Crippen LogP contribution in [0.15, 0.2) is 24.3 Å². The number of carbonyl (C=O) groups is 2. The number of aryl methyl sites for hydroxylation is 1. The highest BCUT2D eigenvalue weighted by atomic mass is 35.5. The fourth-order valence-electron chi connectivity index (χ4n) is 2.42. The minimum Gasteiger partial charge on any atom is -0.506 e. The molecular formula is C19H19Cl2NO4. The lowest BCUT2D eigenvalue weighted by atomic mass is 10.0. The molecule has 0 fully saturated rings. The van der Waals surface area contributed by atoms with E-state index < -0.39 is 11.8 Å². The number of Topliss-reactive ketones (excluding diaryl/α,β-unsaturated/α-hetero) is 1. The van der Waals surface area contributed by atoms with Crippen molar-refractivity contribution in [2.24, 2.45) is 0 Å². The molecule has 0 radical (unpaired) electrons. The molecule has 0 saturated heterocycles. The van der Waals surface area contributed by atoms with Crippen LogP contribution < -0.4 is 0 Å². The van der Waals surface area contributed by atoms with Crippen molar-refractivity contribution in [3.63, 3.8) is 0 Å².